The number of benzene rings is 2. The van der Waals surface area contributed by atoms with Gasteiger partial charge in [0.05, 0.1) is 6.57 Å². The van der Waals surface area contributed by atoms with E-state index in [2.05, 4.69) is 9.83 Å². The van der Waals surface area contributed by atoms with Crippen molar-refractivity contribution in [3.05, 3.63) is 53.7 Å². The van der Waals surface area contributed by atoms with Gasteiger partial charge in [-0.3, -0.25) is 0 Å². The lowest BCUT2D eigenvalue weighted by molar-refractivity contribution is 0.0694. The second-order valence-electron chi connectivity index (χ2n) is 4.34. The summed E-state index contributed by atoms with van der Waals surface area (Å²) in [6, 6.07) is 7.39. The molecule has 0 spiro atoms. The number of carboxylic acid groups (broad SMARTS) is 1. The quantitative estimate of drug-likeness (QED) is 0.702. The van der Waals surface area contributed by atoms with E-state index in [1.54, 1.807) is 18.2 Å². The normalized spacial score (nSPS) is 10.4. The third kappa shape index (κ3) is 2.07. The fraction of sp³-hybridized carbons (Fsp3) is 0. The molecule has 3 rings (SSSR count). The van der Waals surface area contributed by atoms with Crippen molar-refractivity contribution in [3.8, 4) is 16.9 Å². The molecule has 0 aliphatic carbocycles. The van der Waals surface area contributed by atoms with Crippen LogP contribution in [0, 0.1) is 6.57 Å². The van der Waals surface area contributed by atoms with Crippen LogP contribution >= 0.6 is 0 Å². The summed E-state index contributed by atoms with van der Waals surface area (Å²) in [4.78, 5) is 18.4. The highest BCUT2D eigenvalue weighted by Crippen LogP contribution is 2.34. The number of carbonyl (C=O) groups is 1. The number of phenols is 1. The van der Waals surface area contributed by atoms with Crippen LogP contribution in [0.1, 0.15) is 10.4 Å². The molecule has 3 aromatic rings. The largest absolute Gasteiger partial charge is 0.507 e. The second-order valence-corrected chi connectivity index (χ2v) is 4.34. The van der Waals surface area contributed by atoms with E-state index in [9.17, 15) is 9.90 Å². The summed E-state index contributed by atoms with van der Waals surface area (Å²) in [7, 11) is 0. The molecule has 0 amide bonds. The van der Waals surface area contributed by atoms with Crippen LogP contribution in [0.2, 0.25) is 0 Å². The minimum absolute atomic E-state index is 0.184. The first-order chi connectivity index (χ1) is 10.1. The van der Waals surface area contributed by atoms with Gasteiger partial charge >= 0.3 is 5.97 Å². The Morgan fingerprint density at radius 2 is 2.10 bits per heavy atom. The number of rotatable bonds is 2. The van der Waals surface area contributed by atoms with Gasteiger partial charge < -0.3 is 14.6 Å². The predicted molar refractivity (Wildman–Crippen MR) is 74.3 cm³/mol. The topological polar surface area (TPSA) is 87.9 Å². The summed E-state index contributed by atoms with van der Waals surface area (Å²) < 4.78 is 5.20. The van der Waals surface area contributed by atoms with Gasteiger partial charge in [-0.25, -0.2) is 14.6 Å². The third-order valence-electron chi connectivity index (χ3n) is 3.09. The minimum Gasteiger partial charge on any atom is -0.507 e. The number of aromatic carboxylic acids is 1. The Bertz CT molecular complexity index is 906. The molecule has 2 aromatic carbocycles. The van der Waals surface area contributed by atoms with Crippen molar-refractivity contribution in [2.45, 2.75) is 0 Å². The molecule has 1 aromatic heterocycles. The summed E-state index contributed by atoms with van der Waals surface area (Å²) in [6.45, 7) is 7.10. The highest BCUT2D eigenvalue weighted by molar-refractivity contribution is 5.96. The number of hydrogen-bond acceptors (Lipinski definition) is 4. The SMILES string of the molecule is [C-]#[N+]c1cc(-c2ccc(C(=O)O)c(O)c2)c2ncoc2c1. The number of hydrogen-bond donors (Lipinski definition) is 2. The van der Waals surface area contributed by atoms with Crippen LogP contribution in [0.25, 0.3) is 27.1 Å². The van der Waals surface area contributed by atoms with Crippen LogP contribution in [0.5, 0.6) is 5.75 Å². The zero-order chi connectivity index (χ0) is 15.0. The van der Waals surface area contributed by atoms with Crippen LogP contribution in [-0.4, -0.2) is 21.2 Å². The van der Waals surface area contributed by atoms with E-state index in [0.29, 0.717) is 27.9 Å². The Balaban J connectivity index is 2.25. The maximum atomic E-state index is 10.9. The summed E-state index contributed by atoms with van der Waals surface area (Å²) in [5, 5.41) is 18.7. The Hall–Kier alpha value is -3.33. The molecule has 6 heteroatoms. The molecule has 1 heterocycles. The van der Waals surface area contributed by atoms with Crippen molar-refractivity contribution in [2.75, 3.05) is 0 Å². The van der Waals surface area contributed by atoms with Gasteiger partial charge in [-0.15, -0.1) is 0 Å². The van der Waals surface area contributed by atoms with Crippen LogP contribution < -0.4 is 0 Å². The van der Waals surface area contributed by atoms with Gasteiger partial charge in [-0.1, -0.05) is 6.07 Å². The van der Waals surface area contributed by atoms with E-state index in [1.165, 1.54) is 18.5 Å². The molecule has 0 atom stereocenters. The van der Waals surface area contributed by atoms with Crippen LogP contribution in [0.3, 0.4) is 0 Å². The van der Waals surface area contributed by atoms with Gasteiger partial charge in [0.1, 0.15) is 22.4 Å². The maximum Gasteiger partial charge on any atom is 0.339 e. The molecule has 0 aliphatic rings. The Kier molecular flexibility index (Phi) is 2.81. The number of oxazole rings is 1. The van der Waals surface area contributed by atoms with Crippen molar-refractivity contribution in [1.82, 2.24) is 4.98 Å². The highest BCUT2D eigenvalue weighted by Gasteiger charge is 2.14. The maximum absolute atomic E-state index is 10.9. The first kappa shape index (κ1) is 12.7. The molecule has 0 unspecified atom stereocenters. The zero-order valence-corrected chi connectivity index (χ0v) is 10.6. The monoisotopic (exact) mass is 280 g/mol. The van der Waals surface area contributed by atoms with E-state index in [1.807, 2.05) is 0 Å². The fourth-order valence-corrected chi connectivity index (χ4v) is 2.12. The molecule has 0 bridgehead atoms. The molecular weight excluding hydrogens is 272 g/mol. The van der Waals surface area contributed by atoms with Gasteiger partial charge in [0, 0.05) is 5.56 Å². The molecule has 0 radical (unpaired) electrons. The minimum atomic E-state index is -1.21. The first-order valence-corrected chi connectivity index (χ1v) is 5.91. The van der Waals surface area contributed by atoms with Crippen molar-refractivity contribution in [1.29, 1.82) is 0 Å². The number of fused-ring (bicyclic) bond motifs is 1. The molecule has 0 fully saturated rings. The smallest absolute Gasteiger partial charge is 0.339 e. The van der Waals surface area contributed by atoms with Crippen molar-refractivity contribution >= 4 is 22.8 Å². The molecule has 21 heavy (non-hydrogen) atoms. The predicted octanol–water partition coefficient (Wildman–Crippen LogP) is 3.45. The molecule has 2 N–H and O–H groups in total. The molecule has 0 saturated carbocycles. The molecule has 0 aliphatic heterocycles. The first-order valence-electron chi connectivity index (χ1n) is 5.91. The molecule has 0 saturated heterocycles. The Labute approximate surface area is 118 Å². The average molecular weight is 280 g/mol. The summed E-state index contributed by atoms with van der Waals surface area (Å²) in [6.07, 6.45) is 1.27. The van der Waals surface area contributed by atoms with Gasteiger partial charge in [-0.2, -0.15) is 0 Å². The molecule has 102 valence electrons. The summed E-state index contributed by atoms with van der Waals surface area (Å²) in [5.41, 5.74) is 2.35. The average Bonchev–Trinajstić information content (AvgIpc) is 2.93. The second kappa shape index (κ2) is 4.65. The van der Waals surface area contributed by atoms with E-state index >= 15 is 0 Å². The van der Waals surface area contributed by atoms with E-state index in [4.69, 9.17) is 16.1 Å². The van der Waals surface area contributed by atoms with Crippen LogP contribution in [-0.2, 0) is 0 Å². The van der Waals surface area contributed by atoms with Crippen LogP contribution in [0.15, 0.2) is 41.1 Å². The number of aromatic nitrogens is 1. The van der Waals surface area contributed by atoms with E-state index in [0.717, 1.165) is 0 Å². The van der Waals surface area contributed by atoms with Gasteiger partial charge in [0.15, 0.2) is 12.1 Å². The molecular formula is C15H8N2O4. The number of carboxylic acids is 1. The Morgan fingerprint density at radius 3 is 2.76 bits per heavy atom. The standard InChI is InChI=1S/C15H8N2O4/c1-16-9-5-11(14-13(6-9)21-7-17-14)8-2-3-10(15(19)20)12(18)4-8/h2-7,18H,(H,19,20). The van der Waals surface area contributed by atoms with Crippen molar-refractivity contribution in [2.24, 2.45) is 0 Å². The van der Waals surface area contributed by atoms with Crippen LogP contribution in [0.4, 0.5) is 5.69 Å². The van der Waals surface area contributed by atoms with Gasteiger partial charge in [0.2, 0.25) is 0 Å². The zero-order valence-electron chi connectivity index (χ0n) is 10.6. The molecule has 6 nitrogen and oxygen atoms in total. The Morgan fingerprint density at radius 1 is 1.29 bits per heavy atom. The number of nitrogens with zero attached hydrogens (tertiary/aromatic N) is 2. The third-order valence-corrected chi connectivity index (χ3v) is 3.09. The van der Waals surface area contributed by atoms with E-state index < -0.39 is 5.97 Å². The fourth-order valence-electron chi connectivity index (χ4n) is 2.12. The van der Waals surface area contributed by atoms with Gasteiger partial charge in [0.25, 0.3) is 0 Å². The van der Waals surface area contributed by atoms with E-state index in [-0.39, 0.29) is 11.3 Å². The van der Waals surface area contributed by atoms with Crippen molar-refractivity contribution in [3.63, 3.8) is 0 Å². The summed E-state index contributed by atoms with van der Waals surface area (Å²) in [5.74, 6) is -1.55. The van der Waals surface area contributed by atoms with Gasteiger partial charge in [-0.05, 0) is 29.8 Å². The number of aromatic hydroxyl groups is 1. The lowest BCUT2D eigenvalue weighted by atomic mass is 10.0. The summed E-state index contributed by atoms with van der Waals surface area (Å²) >= 11 is 0. The lowest BCUT2D eigenvalue weighted by Crippen LogP contribution is -1.96. The van der Waals surface area contributed by atoms with Crippen molar-refractivity contribution < 1.29 is 19.4 Å². The lowest BCUT2D eigenvalue weighted by Gasteiger charge is -2.06. The highest BCUT2D eigenvalue weighted by atomic mass is 16.4.